The Morgan fingerprint density at radius 1 is 0.864 bits per heavy atom. The predicted molar refractivity (Wildman–Crippen MR) is 174 cm³/mol. The standard InChI is InChI=1S/C36H46N4O4/c1-2-13-31(39-34(41)19-10-12-25-38-33-18-9-11-24-37-33)36(43)40-32(26-35(42)44-30-16-7-4-8-17-30)29-22-20-28(21-23-29)27-14-5-3-6-15-27/h3,5-6,9,11,14-15,18,20-24,30-32H,2,4,7-8,10,12-13,16-17,19,25-26H2,1H3,(H,37,38)(H,39,41)(H,40,43)/t31-,32?/m1/s1. The summed E-state index contributed by atoms with van der Waals surface area (Å²) < 4.78 is 5.81. The van der Waals surface area contributed by atoms with Crippen molar-refractivity contribution in [3.05, 3.63) is 84.6 Å². The fourth-order valence-corrected chi connectivity index (χ4v) is 5.56. The minimum Gasteiger partial charge on any atom is -0.462 e. The number of nitrogens with zero attached hydrogens (tertiary/aromatic N) is 1. The number of pyridine rings is 1. The number of rotatable bonds is 16. The van der Waals surface area contributed by atoms with Gasteiger partial charge < -0.3 is 20.7 Å². The van der Waals surface area contributed by atoms with E-state index in [9.17, 15) is 14.4 Å². The van der Waals surface area contributed by atoms with Gasteiger partial charge in [-0.15, -0.1) is 0 Å². The van der Waals surface area contributed by atoms with Crippen LogP contribution in [0.5, 0.6) is 0 Å². The Kier molecular flexibility index (Phi) is 13.2. The molecule has 8 nitrogen and oxygen atoms in total. The first-order chi connectivity index (χ1) is 21.5. The lowest BCUT2D eigenvalue weighted by Crippen LogP contribution is -2.48. The Bertz CT molecular complexity index is 1290. The zero-order chi connectivity index (χ0) is 31.0. The average Bonchev–Trinajstić information content (AvgIpc) is 3.05. The highest BCUT2D eigenvalue weighted by Crippen LogP contribution is 2.26. The molecule has 44 heavy (non-hydrogen) atoms. The van der Waals surface area contributed by atoms with E-state index in [4.69, 9.17) is 4.74 Å². The number of anilines is 1. The van der Waals surface area contributed by atoms with E-state index in [2.05, 4.69) is 20.9 Å². The van der Waals surface area contributed by atoms with Crippen molar-refractivity contribution in [2.45, 2.75) is 95.7 Å². The van der Waals surface area contributed by atoms with E-state index in [1.807, 2.05) is 79.7 Å². The second-order valence-electron chi connectivity index (χ2n) is 11.5. The van der Waals surface area contributed by atoms with Gasteiger partial charge in [0.05, 0.1) is 12.5 Å². The first-order valence-corrected chi connectivity index (χ1v) is 16.1. The van der Waals surface area contributed by atoms with E-state index >= 15 is 0 Å². The summed E-state index contributed by atoms with van der Waals surface area (Å²) >= 11 is 0. The Morgan fingerprint density at radius 2 is 1.59 bits per heavy atom. The largest absolute Gasteiger partial charge is 0.462 e. The smallest absolute Gasteiger partial charge is 0.308 e. The van der Waals surface area contributed by atoms with Crippen LogP contribution >= 0.6 is 0 Å². The summed E-state index contributed by atoms with van der Waals surface area (Å²) in [5.74, 6) is 0.0461. The fourth-order valence-electron chi connectivity index (χ4n) is 5.56. The van der Waals surface area contributed by atoms with E-state index in [-0.39, 0.29) is 30.3 Å². The molecular formula is C36H46N4O4. The second kappa shape index (κ2) is 17.8. The van der Waals surface area contributed by atoms with Gasteiger partial charge in [0.2, 0.25) is 11.8 Å². The number of carbonyl (C=O) groups is 3. The molecule has 2 aromatic carbocycles. The zero-order valence-corrected chi connectivity index (χ0v) is 25.8. The van der Waals surface area contributed by atoms with Gasteiger partial charge in [0.15, 0.2) is 0 Å². The summed E-state index contributed by atoms with van der Waals surface area (Å²) in [4.78, 5) is 43.6. The maximum absolute atomic E-state index is 13.6. The van der Waals surface area contributed by atoms with Crippen molar-refractivity contribution in [3.63, 3.8) is 0 Å². The number of ether oxygens (including phenoxy) is 1. The first kappa shape index (κ1) is 32.7. The number of nitrogens with one attached hydrogen (secondary N) is 3. The molecule has 4 rings (SSSR count). The lowest BCUT2D eigenvalue weighted by atomic mass is 9.97. The number of unbranched alkanes of at least 4 members (excludes halogenated alkanes) is 1. The molecule has 1 aromatic heterocycles. The predicted octanol–water partition coefficient (Wildman–Crippen LogP) is 6.74. The molecule has 1 aliphatic carbocycles. The van der Waals surface area contributed by atoms with Crippen molar-refractivity contribution in [1.82, 2.24) is 15.6 Å². The third-order valence-corrected chi connectivity index (χ3v) is 7.99. The average molecular weight is 599 g/mol. The molecule has 8 heteroatoms. The Hall–Kier alpha value is -4.20. The molecule has 2 amide bonds. The van der Waals surface area contributed by atoms with Gasteiger partial charge in [-0.25, -0.2) is 4.98 Å². The van der Waals surface area contributed by atoms with Gasteiger partial charge in [-0.1, -0.05) is 80.4 Å². The summed E-state index contributed by atoms with van der Waals surface area (Å²) in [7, 11) is 0. The maximum atomic E-state index is 13.6. The van der Waals surface area contributed by atoms with Gasteiger partial charge in [-0.3, -0.25) is 14.4 Å². The summed E-state index contributed by atoms with van der Waals surface area (Å²) in [6, 6.07) is 22.4. The van der Waals surface area contributed by atoms with Crippen molar-refractivity contribution in [2.75, 3.05) is 11.9 Å². The van der Waals surface area contributed by atoms with Crippen molar-refractivity contribution in [1.29, 1.82) is 0 Å². The highest BCUT2D eigenvalue weighted by Gasteiger charge is 2.27. The zero-order valence-electron chi connectivity index (χ0n) is 25.8. The van der Waals surface area contributed by atoms with Gasteiger partial charge in [0, 0.05) is 19.2 Å². The second-order valence-corrected chi connectivity index (χ2v) is 11.5. The van der Waals surface area contributed by atoms with Crippen molar-refractivity contribution >= 4 is 23.6 Å². The molecule has 1 saturated carbocycles. The third-order valence-electron chi connectivity index (χ3n) is 7.99. The van der Waals surface area contributed by atoms with E-state index < -0.39 is 12.1 Å². The van der Waals surface area contributed by atoms with Crippen LogP contribution in [0.4, 0.5) is 5.82 Å². The number of aromatic nitrogens is 1. The number of amides is 2. The molecule has 0 aliphatic heterocycles. The van der Waals surface area contributed by atoms with Crippen LogP contribution in [0.15, 0.2) is 79.0 Å². The van der Waals surface area contributed by atoms with Gasteiger partial charge in [0.25, 0.3) is 0 Å². The van der Waals surface area contributed by atoms with Crippen LogP contribution in [0, 0.1) is 0 Å². The first-order valence-electron chi connectivity index (χ1n) is 16.1. The molecule has 0 saturated heterocycles. The summed E-state index contributed by atoms with van der Waals surface area (Å²) in [5.41, 5.74) is 2.96. The number of hydrogen-bond donors (Lipinski definition) is 3. The number of benzene rings is 2. The molecule has 0 radical (unpaired) electrons. The van der Waals surface area contributed by atoms with Crippen molar-refractivity contribution in [3.8, 4) is 11.1 Å². The van der Waals surface area contributed by atoms with Crippen LogP contribution in [0.2, 0.25) is 0 Å². The normalized spacial score (nSPS) is 14.7. The van der Waals surface area contributed by atoms with E-state index in [1.54, 1.807) is 6.20 Å². The van der Waals surface area contributed by atoms with Crippen LogP contribution in [0.25, 0.3) is 11.1 Å². The maximum Gasteiger partial charge on any atom is 0.308 e. The van der Waals surface area contributed by atoms with Gasteiger partial charge >= 0.3 is 5.97 Å². The molecule has 1 heterocycles. The van der Waals surface area contributed by atoms with Crippen molar-refractivity contribution in [2.24, 2.45) is 0 Å². The van der Waals surface area contributed by atoms with Crippen LogP contribution in [0.1, 0.15) is 89.2 Å². The minimum atomic E-state index is -0.681. The van der Waals surface area contributed by atoms with E-state index in [0.29, 0.717) is 25.8 Å². The van der Waals surface area contributed by atoms with Gasteiger partial charge in [0.1, 0.15) is 18.0 Å². The van der Waals surface area contributed by atoms with Crippen LogP contribution < -0.4 is 16.0 Å². The van der Waals surface area contributed by atoms with E-state index in [1.165, 1.54) is 6.42 Å². The summed E-state index contributed by atoms with van der Waals surface area (Å²) in [5, 5.41) is 9.25. The topological polar surface area (TPSA) is 109 Å². The lowest BCUT2D eigenvalue weighted by Gasteiger charge is -2.26. The van der Waals surface area contributed by atoms with Crippen molar-refractivity contribution < 1.29 is 19.1 Å². The number of hydrogen-bond acceptors (Lipinski definition) is 6. The summed E-state index contributed by atoms with van der Waals surface area (Å²) in [6.45, 7) is 2.70. The highest BCUT2D eigenvalue weighted by molar-refractivity contribution is 5.88. The van der Waals surface area contributed by atoms with Crippen LogP contribution in [-0.2, 0) is 19.1 Å². The summed E-state index contributed by atoms with van der Waals surface area (Å²) in [6.07, 6.45) is 9.85. The molecular weight excluding hydrogens is 552 g/mol. The van der Waals surface area contributed by atoms with Crippen LogP contribution in [-0.4, -0.2) is 41.5 Å². The monoisotopic (exact) mass is 598 g/mol. The molecule has 0 bridgehead atoms. The highest BCUT2D eigenvalue weighted by atomic mass is 16.5. The minimum absolute atomic E-state index is 0.0307. The quantitative estimate of drug-likeness (QED) is 0.124. The molecule has 1 fully saturated rings. The van der Waals surface area contributed by atoms with E-state index in [0.717, 1.165) is 61.0 Å². The molecule has 2 atom stereocenters. The molecule has 234 valence electrons. The Morgan fingerprint density at radius 3 is 2.30 bits per heavy atom. The Balaban J connectivity index is 1.36. The van der Waals surface area contributed by atoms with Crippen LogP contribution in [0.3, 0.4) is 0 Å². The molecule has 0 spiro atoms. The van der Waals surface area contributed by atoms with Gasteiger partial charge in [-0.2, -0.15) is 0 Å². The lowest BCUT2D eigenvalue weighted by molar-refractivity contribution is -0.151. The van der Waals surface area contributed by atoms with Gasteiger partial charge in [-0.05, 0) is 73.8 Å². The fraction of sp³-hybridized carbons (Fsp3) is 0.444. The molecule has 3 aromatic rings. The number of carbonyl (C=O) groups excluding carboxylic acids is 3. The Labute approximate surface area is 261 Å². The molecule has 1 aliphatic rings. The SMILES string of the molecule is CCC[C@@H](NC(=O)CCCCNc1ccccn1)C(=O)NC(CC(=O)OC1CCCCC1)c1ccc(-c2ccccc2)cc1. The number of esters is 1. The molecule has 3 N–H and O–H groups in total. The third kappa shape index (κ3) is 10.8. The molecule has 1 unspecified atom stereocenters.